The van der Waals surface area contributed by atoms with E-state index in [1.807, 2.05) is 19.0 Å². The number of rotatable bonds is 4. The molecule has 3 N–H and O–H groups in total. The Hall–Kier alpha value is -1.63. The Morgan fingerprint density at radius 2 is 2.07 bits per heavy atom. The molecular weight excluding hydrogens is 196 g/mol. The van der Waals surface area contributed by atoms with Crippen molar-refractivity contribution in [3.05, 3.63) is 5.82 Å². The van der Waals surface area contributed by atoms with Crippen LogP contribution >= 0.6 is 0 Å². The summed E-state index contributed by atoms with van der Waals surface area (Å²) in [5.74, 6) is 0.0502. The van der Waals surface area contributed by atoms with Crippen molar-refractivity contribution in [2.75, 3.05) is 40.0 Å². The predicted molar refractivity (Wildman–Crippen MR) is 56.3 cm³/mol. The Morgan fingerprint density at radius 1 is 1.40 bits per heavy atom. The number of hydrogen-bond acceptors (Lipinski definition) is 5. The molecule has 1 aromatic heterocycles. The van der Waals surface area contributed by atoms with Gasteiger partial charge in [-0.05, 0) is 14.1 Å². The van der Waals surface area contributed by atoms with E-state index >= 15 is 0 Å². The van der Waals surface area contributed by atoms with Crippen LogP contribution in [0.15, 0.2) is 0 Å². The Kier molecular flexibility index (Phi) is 3.62. The fraction of sp³-hybridized carbons (Fsp3) is 0.625. The van der Waals surface area contributed by atoms with E-state index in [0.717, 1.165) is 6.54 Å². The average Bonchev–Trinajstić information content (AvgIpc) is 2.60. The minimum absolute atomic E-state index is 0.0827. The maximum absolute atomic E-state index is 11.7. The van der Waals surface area contributed by atoms with Gasteiger partial charge in [-0.1, -0.05) is 0 Å². The van der Waals surface area contributed by atoms with Crippen LogP contribution in [-0.4, -0.2) is 65.1 Å². The quantitative estimate of drug-likeness (QED) is 0.669. The summed E-state index contributed by atoms with van der Waals surface area (Å²) < 4.78 is 0. The highest BCUT2D eigenvalue weighted by Gasteiger charge is 2.15. The van der Waals surface area contributed by atoms with Crippen molar-refractivity contribution in [3.8, 4) is 0 Å². The number of H-pyrrole nitrogens is 1. The normalized spacial score (nSPS) is 10.7. The van der Waals surface area contributed by atoms with Crippen molar-refractivity contribution in [2.24, 2.45) is 0 Å². The zero-order chi connectivity index (χ0) is 11.4. The van der Waals surface area contributed by atoms with E-state index in [9.17, 15) is 4.79 Å². The van der Waals surface area contributed by atoms with E-state index in [2.05, 4.69) is 15.2 Å². The summed E-state index contributed by atoms with van der Waals surface area (Å²) in [6.45, 7) is 1.43. The van der Waals surface area contributed by atoms with Gasteiger partial charge in [-0.3, -0.25) is 9.89 Å². The van der Waals surface area contributed by atoms with E-state index in [-0.39, 0.29) is 17.7 Å². The third-order valence-corrected chi connectivity index (χ3v) is 1.93. The number of carbonyl (C=O) groups excluding carboxylic acids is 1. The molecule has 0 aromatic carbocycles. The number of nitrogens with two attached hydrogens (primary N) is 1. The highest BCUT2D eigenvalue weighted by atomic mass is 16.2. The Bertz CT molecular complexity index is 334. The number of aromatic nitrogens is 3. The molecule has 0 spiro atoms. The molecule has 7 heteroatoms. The third kappa shape index (κ3) is 3.21. The Labute approximate surface area is 88.3 Å². The first-order chi connectivity index (χ1) is 7.00. The zero-order valence-electron chi connectivity index (χ0n) is 9.19. The molecule has 0 unspecified atom stereocenters. The number of anilines is 1. The molecule has 0 aliphatic heterocycles. The molecule has 0 saturated carbocycles. The summed E-state index contributed by atoms with van der Waals surface area (Å²) in [5, 5.41) is 6.08. The molecule has 7 nitrogen and oxygen atoms in total. The lowest BCUT2D eigenvalue weighted by Crippen LogP contribution is -2.34. The van der Waals surface area contributed by atoms with Crippen LogP contribution in [0.5, 0.6) is 0 Å². The van der Waals surface area contributed by atoms with Crippen molar-refractivity contribution in [3.63, 3.8) is 0 Å². The minimum Gasteiger partial charge on any atom is -0.366 e. The average molecular weight is 212 g/mol. The van der Waals surface area contributed by atoms with Crippen molar-refractivity contribution in [2.45, 2.75) is 0 Å². The standard InChI is InChI=1S/C8H16N6O/c1-13(2)4-5-14(3)7(15)6-10-8(9)12-11-6/h4-5H2,1-3H3,(H3,9,10,11,12). The highest BCUT2D eigenvalue weighted by molar-refractivity contribution is 5.90. The number of amides is 1. The van der Waals surface area contributed by atoms with Gasteiger partial charge >= 0.3 is 0 Å². The Morgan fingerprint density at radius 3 is 2.53 bits per heavy atom. The first kappa shape index (κ1) is 11.4. The van der Waals surface area contributed by atoms with Gasteiger partial charge in [0.25, 0.3) is 5.91 Å². The highest BCUT2D eigenvalue weighted by Crippen LogP contribution is 1.98. The SMILES string of the molecule is CN(C)CCN(C)C(=O)c1nc(N)n[nH]1. The summed E-state index contributed by atoms with van der Waals surface area (Å²) in [6.07, 6.45) is 0. The minimum atomic E-state index is -0.207. The zero-order valence-corrected chi connectivity index (χ0v) is 9.19. The molecule has 0 saturated heterocycles. The fourth-order valence-corrected chi connectivity index (χ4v) is 1.00. The van der Waals surface area contributed by atoms with Gasteiger partial charge in [-0.25, -0.2) is 0 Å². The van der Waals surface area contributed by atoms with Crippen LogP contribution < -0.4 is 5.73 Å². The molecule has 0 aliphatic carbocycles. The summed E-state index contributed by atoms with van der Waals surface area (Å²) in [6, 6.07) is 0. The van der Waals surface area contributed by atoms with Gasteiger partial charge in [-0.2, -0.15) is 4.98 Å². The topological polar surface area (TPSA) is 91.1 Å². The van der Waals surface area contributed by atoms with E-state index in [0.29, 0.717) is 6.54 Å². The number of nitrogens with zero attached hydrogens (tertiary/aromatic N) is 4. The van der Waals surface area contributed by atoms with Gasteiger partial charge < -0.3 is 15.5 Å². The van der Waals surface area contributed by atoms with Crippen LogP contribution in [0, 0.1) is 0 Å². The third-order valence-electron chi connectivity index (χ3n) is 1.93. The lowest BCUT2D eigenvalue weighted by molar-refractivity contribution is 0.0775. The molecule has 0 atom stereocenters. The smallest absolute Gasteiger partial charge is 0.291 e. The monoisotopic (exact) mass is 212 g/mol. The van der Waals surface area contributed by atoms with E-state index in [1.54, 1.807) is 11.9 Å². The second-order valence-electron chi connectivity index (χ2n) is 3.57. The van der Waals surface area contributed by atoms with Gasteiger partial charge in [0.15, 0.2) is 0 Å². The van der Waals surface area contributed by atoms with Gasteiger partial charge in [0, 0.05) is 20.1 Å². The number of nitrogens with one attached hydrogen (secondary N) is 1. The maximum Gasteiger partial charge on any atom is 0.291 e. The van der Waals surface area contributed by atoms with Gasteiger partial charge in [-0.15, -0.1) is 5.10 Å². The first-order valence-electron chi connectivity index (χ1n) is 4.58. The molecule has 0 fully saturated rings. The largest absolute Gasteiger partial charge is 0.366 e. The van der Waals surface area contributed by atoms with Crippen LogP contribution in [0.1, 0.15) is 10.6 Å². The summed E-state index contributed by atoms with van der Waals surface area (Å²) in [7, 11) is 5.61. The lowest BCUT2D eigenvalue weighted by atomic mass is 10.4. The van der Waals surface area contributed by atoms with Crippen LogP contribution in [0.3, 0.4) is 0 Å². The molecule has 0 radical (unpaired) electrons. The van der Waals surface area contributed by atoms with E-state index < -0.39 is 0 Å². The summed E-state index contributed by atoms with van der Waals surface area (Å²) >= 11 is 0. The molecule has 1 rings (SSSR count). The van der Waals surface area contributed by atoms with Crippen molar-refractivity contribution >= 4 is 11.9 Å². The van der Waals surface area contributed by atoms with Crippen molar-refractivity contribution in [1.29, 1.82) is 0 Å². The molecule has 15 heavy (non-hydrogen) atoms. The van der Waals surface area contributed by atoms with Gasteiger partial charge in [0.2, 0.25) is 11.8 Å². The van der Waals surface area contributed by atoms with Crippen LogP contribution in [0.2, 0.25) is 0 Å². The number of carbonyl (C=O) groups is 1. The Balaban J connectivity index is 2.53. The maximum atomic E-state index is 11.7. The van der Waals surface area contributed by atoms with Gasteiger partial charge in [0.05, 0.1) is 0 Å². The second kappa shape index (κ2) is 4.74. The van der Waals surface area contributed by atoms with Crippen molar-refractivity contribution < 1.29 is 4.79 Å². The molecule has 84 valence electrons. The fourth-order valence-electron chi connectivity index (χ4n) is 1.00. The van der Waals surface area contributed by atoms with Crippen LogP contribution in [0.4, 0.5) is 5.95 Å². The molecule has 1 heterocycles. The van der Waals surface area contributed by atoms with Crippen LogP contribution in [-0.2, 0) is 0 Å². The molecule has 1 aromatic rings. The molecule has 0 bridgehead atoms. The predicted octanol–water partition coefficient (Wildman–Crippen LogP) is -0.979. The number of hydrogen-bond donors (Lipinski definition) is 2. The first-order valence-corrected chi connectivity index (χ1v) is 4.58. The van der Waals surface area contributed by atoms with Crippen LogP contribution in [0.25, 0.3) is 0 Å². The summed E-state index contributed by atoms with van der Waals surface area (Å²) in [4.78, 5) is 19.0. The lowest BCUT2D eigenvalue weighted by Gasteiger charge is -2.18. The number of likely N-dealkylation sites (N-methyl/N-ethyl adjacent to an activating group) is 2. The van der Waals surface area contributed by atoms with Crippen molar-refractivity contribution in [1.82, 2.24) is 25.0 Å². The van der Waals surface area contributed by atoms with E-state index in [1.165, 1.54) is 0 Å². The molecular formula is C8H16N6O. The molecule has 1 amide bonds. The number of nitrogen functional groups attached to an aromatic ring is 1. The van der Waals surface area contributed by atoms with E-state index in [4.69, 9.17) is 5.73 Å². The second-order valence-corrected chi connectivity index (χ2v) is 3.57. The molecule has 0 aliphatic rings. The number of aromatic amines is 1. The summed E-state index contributed by atoms with van der Waals surface area (Å²) in [5.41, 5.74) is 5.31. The van der Waals surface area contributed by atoms with Gasteiger partial charge in [0.1, 0.15) is 0 Å².